The van der Waals surface area contributed by atoms with Gasteiger partial charge in [0.05, 0.1) is 12.9 Å². The second-order valence-corrected chi connectivity index (χ2v) is 8.14. The molecule has 158 valence electrons. The molecule has 1 aliphatic heterocycles. The summed E-state index contributed by atoms with van der Waals surface area (Å²) in [5.74, 6) is 0.127. The van der Waals surface area contributed by atoms with Crippen LogP contribution in [0.4, 0.5) is 0 Å². The summed E-state index contributed by atoms with van der Waals surface area (Å²) >= 11 is 0. The van der Waals surface area contributed by atoms with Crippen molar-refractivity contribution in [1.29, 1.82) is 0 Å². The summed E-state index contributed by atoms with van der Waals surface area (Å²) in [7, 11) is 3.40. The number of nitrogens with zero attached hydrogens (tertiary/aromatic N) is 6. The number of fused-ring (bicyclic) bond motifs is 1. The molecule has 4 rings (SSSR count). The lowest BCUT2D eigenvalue weighted by molar-refractivity contribution is -0.122. The molecule has 0 atom stereocenters. The molecule has 10 heteroatoms. The van der Waals surface area contributed by atoms with Gasteiger partial charge in [0.25, 0.3) is 5.56 Å². The number of hydrogen-bond donors (Lipinski definition) is 1. The van der Waals surface area contributed by atoms with Crippen LogP contribution in [0, 0.1) is 0 Å². The topological polar surface area (TPSA) is 97.4 Å². The molecule has 1 aliphatic carbocycles. The molecule has 0 spiro atoms. The standard InChI is InChI=1S/C19H29N7O3/c1-22-13-20-17-16(22)18(28)26(19(29)23(17)2)7-3-6-24-8-10-25(11-9-24)12-15(27)21-14-4-5-14/h13-14H,3-12H2,1-2H3,(H,21,27). The van der Waals surface area contributed by atoms with E-state index in [0.717, 1.165) is 52.0 Å². The van der Waals surface area contributed by atoms with Crippen LogP contribution < -0.4 is 16.6 Å². The first-order valence-corrected chi connectivity index (χ1v) is 10.3. The van der Waals surface area contributed by atoms with Crippen molar-refractivity contribution in [2.45, 2.75) is 31.8 Å². The Kier molecular flexibility index (Phi) is 5.55. The molecule has 0 bridgehead atoms. The van der Waals surface area contributed by atoms with E-state index < -0.39 is 0 Å². The first-order valence-electron chi connectivity index (χ1n) is 10.3. The number of piperazine rings is 1. The van der Waals surface area contributed by atoms with Crippen molar-refractivity contribution in [3.8, 4) is 0 Å². The minimum atomic E-state index is -0.326. The number of aryl methyl sites for hydroxylation is 2. The van der Waals surface area contributed by atoms with Crippen LogP contribution >= 0.6 is 0 Å². The maximum atomic E-state index is 12.7. The van der Waals surface area contributed by atoms with Gasteiger partial charge in [0, 0.05) is 52.9 Å². The summed E-state index contributed by atoms with van der Waals surface area (Å²) in [5, 5.41) is 3.03. The Hall–Kier alpha value is -2.46. The van der Waals surface area contributed by atoms with Gasteiger partial charge < -0.3 is 14.8 Å². The molecule has 0 unspecified atom stereocenters. The Morgan fingerprint density at radius 3 is 2.48 bits per heavy atom. The molecule has 1 saturated heterocycles. The molecule has 29 heavy (non-hydrogen) atoms. The van der Waals surface area contributed by atoms with E-state index in [2.05, 4.69) is 20.1 Å². The van der Waals surface area contributed by atoms with Gasteiger partial charge in [0.15, 0.2) is 11.2 Å². The van der Waals surface area contributed by atoms with Crippen LogP contribution in [0.3, 0.4) is 0 Å². The number of carbonyl (C=O) groups is 1. The van der Waals surface area contributed by atoms with E-state index in [1.807, 2.05) is 0 Å². The molecular formula is C19H29N7O3. The van der Waals surface area contributed by atoms with Crippen molar-refractivity contribution in [3.05, 3.63) is 27.2 Å². The Labute approximate surface area is 168 Å². The highest BCUT2D eigenvalue weighted by Gasteiger charge is 2.25. The minimum absolute atomic E-state index is 0.127. The average molecular weight is 403 g/mol. The van der Waals surface area contributed by atoms with E-state index >= 15 is 0 Å². The largest absolute Gasteiger partial charge is 0.352 e. The normalized spacial score (nSPS) is 18.4. The summed E-state index contributed by atoms with van der Waals surface area (Å²) in [6.45, 7) is 5.19. The fraction of sp³-hybridized carbons (Fsp3) is 0.684. The first-order chi connectivity index (χ1) is 13.9. The summed E-state index contributed by atoms with van der Waals surface area (Å²) in [6, 6.07) is 0.408. The van der Waals surface area contributed by atoms with Crippen LogP contribution in [-0.4, -0.2) is 79.7 Å². The Bertz CT molecular complexity index is 1010. The van der Waals surface area contributed by atoms with Crippen molar-refractivity contribution in [3.63, 3.8) is 0 Å². The molecule has 1 amide bonds. The van der Waals surface area contributed by atoms with Crippen molar-refractivity contribution in [1.82, 2.24) is 33.8 Å². The van der Waals surface area contributed by atoms with Crippen molar-refractivity contribution in [2.75, 3.05) is 39.3 Å². The third kappa shape index (κ3) is 4.27. The molecule has 1 N–H and O–H groups in total. The molecule has 2 aromatic rings. The van der Waals surface area contributed by atoms with Crippen LogP contribution in [0.25, 0.3) is 11.2 Å². The first kappa shape index (κ1) is 19.8. The molecule has 10 nitrogen and oxygen atoms in total. The van der Waals surface area contributed by atoms with Crippen LogP contribution in [0.15, 0.2) is 15.9 Å². The lowest BCUT2D eigenvalue weighted by Crippen LogP contribution is -2.50. The zero-order chi connectivity index (χ0) is 20.5. The molecule has 2 aromatic heterocycles. The van der Waals surface area contributed by atoms with E-state index in [4.69, 9.17) is 0 Å². The quantitative estimate of drug-likeness (QED) is 0.619. The van der Waals surface area contributed by atoms with Gasteiger partial charge >= 0.3 is 5.69 Å². The fourth-order valence-corrected chi connectivity index (χ4v) is 3.92. The van der Waals surface area contributed by atoms with Gasteiger partial charge in [0.1, 0.15) is 0 Å². The van der Waals surface area contributed by atoms with Crippen LogP contribution in [-0.2, 0) is 25.4 Å². The predicted molar refractivity (Wildman–Crippen MR) is 109 cm³/mol. The fourth-order valence-electron chi connectivity index (χ4n) is 3.92. The average Bonchev–Trinajstić information content (AvgIpc) is 3.42. The van der Waals surface area contributed by atoms with Crippen molar-refractivity contribution >= 4 is 17.1 Å². The lowest BCUT2D eigenvalue weighted by Gasteiger charge is -2.34. The van der Waals surface area contributed by atoms with Gasteiger partial charge in [-0.2, -0.15) is 0 Å². The second kappa shape index (κ2) is 8.11. The van der Waals surface area contributed by atoms with E-state index in [0.29, 0.717) is 30.3 Å². The van der Waals surface area contributed by atoms with Gasteiger partial charge in [-0.15, -0.1) is 0 Å². The van der Waals surface area contributed by atoms with Crippen molar-refractivity contribution in [2.24, 2.45) is 14.1 Å². The zero-order valence-corrected chi connectivity index (χ0v) is 17.1. The molecule has 3 heterocycles. The number of carbonyl (C=O) groups excluding carboxylic acids is 1. The Morgan fingerprint density at radius 2 is 1.79 bits per heavy atom. The Morgan fingerprint density at radius 1 is 1.10 bits per heavy atom. The van der Waals surface area contributed by atoms with Crippen LogP contribution in [0.5, 0.6) is 0 Å². The van der Waals surface area contributed by atoms with Gasteiger partial charge in [-0.05, 0) is 25.8 Å². The molecule has 2 fully saturated rings. The predicted octanol–water partition coefficient (Wildman–Crippen LogP) is -1.28. The second-order valence-electron chi connectivity index (χ2n) is 8.14. The summed E-state index contributed by atoms with van der Waals surface area (Å²) < 4.78 is 4.40. The summed E-state index contributed by atoms with van der Waals surface area (Å²) in [5.41, 5.74) is 0.257. The maximum Gasteiger partial charge on any atom is 0.332 e. The molecule has 0 radical (unpaired) electrons. The van der Waals surface area contributed by atoms with Gasteiger partial charge in [-0.25, -0.2) is 9.78 Å². The SMILES string of the molecule is Cn1cnc2c1c(=O)n(CCCN1CCN(CC(=O)NC3CC3)CC1)c(=O)n2C. The van der Waals surface area contributed by atoms with E-state index in [1.165, 1.54) is 9.13 Å². The molecular weight excluding hydrogens is 374 g/mol. The third-order valence-corrected chi connectivity index (χ3v) is 5.83. The van der Waals surface area contributed by atoms with Crippen LogP contribution in [0.1, 0.15) is 19.3 Å². The third-order valence-electron chi connectivity index (χ3n) is 5.83. The van der Waals surface area contributed by atoms with E-state index in [-0.39, 0.29) is 17.2 Å². The Balaban J connectivity index is 1.29. The van der Waals surface area contributed by atoms with Gasteiger partial charge in [0.2, 0.25) is 5.91 Å². The lowest BCUT2D eigenvalue weighted by atomic mass is 10.2. The number of hydrogen-bond acceptors (Lipinski definition) is 6. The number of aromatic nitrogens is 4. The smallest absolute Gasteiger partial charge is 0.332 e. The zero-order valence-electron chi connectivity index (χ0n) is 17.1. The highest BCUT2D eigenvalue weighted by Crippen LogP contribution is 2.18. The number of nitrogens with one attached hydrogen (secondary N) is 1. The summed E-state index contributed by atoms with van der Waals surface area (Å²) in [4.78, 5) is 45.9. The monoisotopic (exact) mass is 403 g/mol. The van der Waals surface area contributed by atoms with Crippen molar-refractivity contribution < 1.29 is 4.79 Å². The summed E-state index contributed by atoms with van der Waals surface area (Å²) in [6.07, 6.45) is 4.50. The number of amides is 1. The molecule has 0 aromatic carbocycles. The molecule has 1 saturated carbocycles. The minimum Gasteiger partial charge on any atom is -0.352 e. The highest BCUT2D eigenvalue weighted by molar-refractivity contribution is 5.78. The van der Waals surface area contributed by atoms with E-state index in [1.54, 1.807) is 25.0 Å². The maximum absolute atomic E-state index is 12.7. The van der Waals surface area contributed by atoms with Gasteiger partial charge in [-0.1, -0.05) is 0 Å². The highest BCUT2D eigenvalue weighted by atomic mass is 16.2. The number of imidazole rings is 1. The van der Waals surface area contributed by atoms with Gasteiger partial charge in [-0.3, -0.25) is 23.6 Å². The van der Waals surface area contributed by atoms with E-state index in [9.17, 15) is 14.4 Å². The molecule has 2 aliphatic rings. The van der Waals surface area contributed by atoms with Crippen LogP contribution in [0.2, 0.25) is 0 Å². The number of rotatable bonds is 7.